The van der Waals surface area contributed by atoms with Crippen molar-refractivity contribution in [3.05, 3.63) is 48.6 Å². The molecule has 0 aromatic rings. The summed E-state index contributed by atoms with van der Waals surface area (Å²) in [6, 6.07) is 0. The number of hydrogen-bond donors (Lipinski definition) is 2. The van der Waals surface area contributed by atoms with Gasteiger partial charge in [0.25, 0.3) is 23.6 Å². The van der Waals surface area contributed by atoms with E-state index in [4.69, 9.17) is 0 Å². The zero-order valence-corrected chi connectivity index (χ0v) is 12.2. The lowest BCUT2D eigenvalue weighted by atomic mass is 9.93. The second-order valence-corrected chi connectivity index (χ2v) is 4.90. The summed E-state index contributed by atoms with van der Waals surface area (Å²) in [6.07, 6.45) is 9.59. The number of amides is 4. The third-order valence-electron chi connectivity index (χ3n) is 2.83. The minimum Gasteiger partial charge on any atom is -0.289 e. The van der Waals surface area contributed by atoms with Gasteiger partial charge in [-0.2, -0.15) is 0 Å². The molecule has 0 aromatic heterocycles. The zero-order chi connectivity index (χ0) is 16.5. The van der Waals surface area contributed by atoms with Crippen molar-refractivity contribution in [1.82, 2.24) is 10.6 Å². The maximum atomic E-state index is 10.0. The molecule has 3 rings (SSSR count). The van der Waals surface area contributed by atoms with E-state index in [9.17, 15) is 19.2 Å². The summed E-state index contributed by atoms with van der Waals surface area (Å²) in [4.78, 5) is 40.1. The van der Waals surface area contributed by atoms with E-state index in [-0.39, 0.29) is 23.6 Å². The molecule has 1 fully saturated rings. The number of rotatable bonds is 0. The predicted molar refractivity (Wildman–Crippen MR) is 81.3 cm³/mol. The molecule has 0 aromatic carbocycles. The van der Waals surface area contributed by atoms with Gasteiger partial charge in [-0.1, -0.05) is 24.3 Å². The number of imide groups is 2. The van der Waals surface area contributed by atoms with Gasteiger partial charge in [0.15, 0.2) is 0 Å². The van der Waals surface area contributed by atoms with Crippen LogP contribution in [0.2, 0.25) is 0 Å². The first kappa shape index (κ1) is 17.3. The minimum atomic E-state index is -0.329. The van der Waals surface area contributed by atoms with E-state index in [2.05, 4.69) is 13.2 Å². The molecular weight excluding hydrogens is 284 g/mol. The van der Waals surface area contributed by atoms with E-state index in [0.29, 0.717) is 0 Å². The number of carbonyl (C=O) groups excluding carboxylic acids is 4. The van der Waals surface area contributed by atoms with Gasteiger partial charge in [-0.25, -0.2) is 0 Å². The van der Waals surface area contributed by atoms with E-state index >= 15 is 0 Å². The quantitative estimate of drug-likeness (QED) is 0.517. The maximum absolute atomic E-state index is 10.0. The summed E-state index contributed by atoms with van der Waals surface area (Å²) in [5, 5.41) is 4.06. The van der Waals surface area contributed by atoms with Crippen LogP contribution >= 0.6 is 0 Å². The fraction of sp³-hybridized carbons (Fsp3) is 0.250. The molecule has 2 N–H and O–H groups in total. The molecule has 1 saturated carbocycles. The smallest absolute Gasteiger partial charge is 0.250 e. The van der Waals surface area contributed by atoms with Crippen LogP contribution in [0.3, 0.4) is 0 Å². The van der Waals surface area contributed by atoms with Crippen molar-refractivity contribution in [2.75, 3.05) is 0 Å². The van der Waals surface area contributed by atoms with Gasteiger partial charge >= 0.3 is 0 Å². The molecule has 0 atom stereocenters. The molecule has 0 unspecified atom stereocenters. The largest absolute Gasteiger partial charge is 0.289 e. The third-order valence-corrected chi connectivity index (χ3v) is 2.83. The molecular formula is C16H18N2O4. The second kappa shape index (κ2) is 8.51. The summed E-state index contributed by atoms with van der Waals surface area (Å²) >= 11 is 0. The van der Waals surface area contributed by atoms with Crippen LogP contribution in [0.5, 0.6) is 0 Å². The van der Waals surface area contributed by atoms with Gasteiger partial charge in [-0.3, -0.25) is 29.8 Å². The van der Waals surface area contributed by atoms with Crippen LogP contribution in [0, 0.1) is 0 Å². The summed E-state index contributed by atoms with van der Waals surface area (Å²) in [6.45, 7) is 7.81. The van der Waals surface area contributed by atoms with Crippen molar-refractivity contribution in [1.29, 1.82) is 0 Å². The van der Waals surface area contributed by atoms with Crippen LogP contribution < -0.4 is 10.6 Å². The molecule has 3 aliphatic rings. The molecule has 0 radical (unpaired) electrons. The van der Waals surface area contributed by atoms with Crippen molar-refractivity contribution in [3.8, 4) is 0 Å². The third kappa shape index (κ3) is 7.14. The van der Waals surface area contributed by atoms with Gasteiger partial charge in [0.2, 0.25) is 0 Å². The monoisotopic (exact) mass is 302 g/mol. The lowest BCUT2D eigenvalue weighted by Gasteiger charge is -2.13. The molecule has 6 heteroatoms. The predicted octanol–water partition coefficient (Wildman–Crippen LogP) is 1.07. The highest BCUT2D eigenvalue weighted by molar-refractivity contribution is 6.13. The van der Waals surface area contributed by atoms with Crippen molar-refractivity contribution in [2.45, 2.75) is 25.7 Å². The van der Waals surface area contributed by atoms with E-state index < -0.39 is 0 Å². The standard InChI is InChI=1S/C8H12.2C4H3NO2/c1-7-4-3-5-8(2)6-7;2*6-3-1-2-4(7)5-3/h1-6H2;2*1-2H,(H,5,6,7). The highest BCUT2D eigenvalue weighted by Crippen LogP contribution is 2.24. The van der Waals surface area contributed by atoms with Crippen LogP contribution in [0.1, 0.15) is 25.7 Å². The fourth-order valence-electron chi connectivity index (χ4n) is 1.83. The first-order valence-corrected chi connectivity index (χ1v) is 6.76. The summed E-state index contributed by atoms with van der Waals surface area (Å²) < 4.78 is 0. The minimum absolute atomic E-state index is 0.329. The van der Waals surface area contributed by atoms with Gasteiger partial charge in [-0.15, -0.1) is 0 Å². The lowest BCUT2D eigenvalue weighted by molar-refractivity contribution is -0.125. The molecule has 4 amide bonds. The van der Waals surface area contributed by atoms with Gasteiger partial charge in [0.1, 0.15) is 0 Å². The van der Waals surface area contributed by atoms with Crippen LogP contribution in [0.15, 0.2) is 48.6 Å². The lowest BCUT2D eigenvalue weighted by Crippen LogP contribution is -2.19. The normalized spacial score (nSPS) is 19.1. The molecule has 116 valence electrons. The molecule has 2 heterocycles. The summed E-state index contributed by atoms with van der Waals surface area (Å²) in [5.74, 6) is -1.31. The number of nitrogens with one attached hydrogen (secondary N) is 2. The van der Waals surface area contributed by atoms with Crippen LogP contribution in [-0.2, 0) is 19.2 Å². The van der Waals surface area contributed by atoms with Crippen LogP contribution in [0.4, 0.5) is 0 Å². The SMILES string of the molecule is C=C1CCCC(=C)C1.O=C1C=CC(=O)N1.O=C1C=CC(=O)N1. The molecule has 2 aliphatic heterocycles. The molecule has 6 nitrogen and oxygen atoms in total. The molecule has 0 saturated heterocycles. The Labute approximate surface area is 128 Å². The second-order valence-electron chi connectivity index (χ2n) is 4.90. The number of carbonyl (C=O) groups is 4. The Morgan fingerprint density at radius 1 is 0.682 bits per heavy atom. The van der Waals surface area contributed by atoms with Gasteiger partial charge in [0.05, 0.1) is 0 Å². The Hall–Kier alpha value is -2.76. The Morgan fingerprint density at radius 2 is 1.00 bits per heavy atom. The highest BCUT2D eigenvalue weighted by atomic mass is 16.2. The first-order valence-electron chi connectivity index (χ1n) is 6.76. The number of hydrogen-bond acceptors (Lipinski definition) is 4. The Balaban J connectivity index is 0.000000166. The maximum Gasteiger partial charge on any atom is 0.250 e. The molecule has 1 aliphatic carbocycles. The van der Waals surface area contributed by atoms with E-state index in [1.807, 2.05) is 10.6 Å². The highest BCUT2D eigenvalue weighted by Gasteiger charge is 2.07. The van der Waals surface area contributed by atoms with Crippen LogP contribution in [-0.4, -0.2) is 23.6 Å². The van der Waals surface area contributed by atoms with Crippen LogP contribution in [0.25, 0.3) is 0 Å². The topological polar surface area (TPSA) is 92.3 Å². The summed E-state index contributed by atoms with van der Waals surface area (Å²) in [5.41, 5.74) is 2.72. The van der Waals surface area contributed by atoms with E-state index in [0.717, 1.165) is 6.42 Å². The fourth-order valence-corrected chi connectivity index (χ4v) is 1.83. The molecule has 0 spiro atoms. The average Bonchev–Trinajstić information content (AvgIpc) is 2.99. The average molecular weight is 302 g/mol. The van der Waals surface area contributed by atoms with Crippen molar-refractivity contribution >= 4 is 23.6 Å². The van der Waals surface area contributed by atoms with Gasteiger partial charge in [-0.05, 0) is 25.7 Å². The van der Waals surface area contributed by atoms with Gasteiger partial charge in [0, 0.05) is 24.3 Å². The van der Waals surface area contributed by atoms with Crippen molar-refractivity contribution in [3.63, 3.8) is 0 Å². The first-order chi connectivity index (χ1) is 10.4. The van der Waals surface area contributed by atoms with E-state index in [1.165, 1.54) is 54.7 Å². The zero-order valence-electron chi connectivity index (χ0n) is 12.2. The summed E-state index contributed by atoms with van der Waals surface area (Å²) in [7, 11) is 0. The van der Waals surface area contributed by atoms with Gasteiger partial charge < -0.3 is 0 Å². The van der Waals surface area contributed by atoms with Crippen molar-refractivity contribution in [2.24, 2.45) is 0 Å². The Morgan fingerprint density at radius 3 is 1.14 bits per heavy atom. The molecule has 0 bridgehead atoms. The Bertz CT molecular complexity index is 503. The molecule has 22 heavy (non-hydrogen) atoms. The Kier molecular flexibility index (Phi) is 6.69. The number of allylic oxidation sites excluding steroid dienone is 2. The van der Waals surface area contributed by atoms with Crippen molar-refractivity contribution < 1.29 is 19.2 Å². The van der Waals surface area contributed by atoms with E-state index in [1.54, 1.807) is 0 Å².